The van der Waals surface area contributed by atoms with Crippen LogP contribution in [0.1, 0.15) is 16.7 Å². The molecule has 0 saturated heterocycles. The molecule has 0 amide bonds. The Kier molecular flexibility index (Phi) is 7.03. The van der Waals surface area contributed by atoms with Gasteiger partial charge in [0, 0.05) is 0 Å². The first-order valence-electron chi connectivity index (χ1n) is 8.78. The molecule has 3 heteroatoms. The molecule has 0 heterocycles. The molecule has 0 N–H and O–H groups in total. The Morgan fingerprint density at radius 3 is 1.89 bits per heavy atom. The van der Waals surface area contributed by atoms with Gasteiger partial charge < -0.3 is 0 Å². The Morgan fingerprint density at radius 2 is 1.33 bits per heavy atom. The molecular weight excluding hydrogens is 370 g/mol. The quantitative estimate of drug-likeness (QED) is 0.571. The van der Waals surface area contributed by atoms with Gasteiger partial charge in [-0.1, -0.05) is 0 Å². The van der Waals surface area contributed by atoms with Crippen LogP contribution >= 0.6 is 0 Å². The van der Waals surface area contributed by atoms with Crippen LogP contribution in [-0.4, -0.2) is 11.7 Å². The molecular formula is C24H21CrNO. The van der Waals surface area contributed by atoms with E-state index in [0.717, 1.165) is 24.3 Å². The Morgan fingerprint density at radius 1 is 0.815 bits per heavy atom. The van der Waals surface area contributed by atoms with Crippen molar-refractivity contribution in [1.29, 1.82) is 0 Å². The molecule has 0 aliphatic heterocycles. The van der Waals surface area contributed by atoms with Crippen LogP contribution in [-0.2, 0) is 33.7 Å². The van der Waals surface area contributed by atoms with Crippen molar-refractivity contribution < 1.29 is 20.6 Å². The van der Waals surface area contributed by atoms with E-state index in [1.54, 1.807) is 7.11 Å². The van der Waals surface area contributed by atoms with Gasteiger partial charge in [0.2, 0.25) is 0 Å². The molecule has 0 aliphatic carbocycles. The third-order valence-corrected chi connectivity index (χ3v) is 4.58. The van der Waals surface area contributed by atoms with Crippen LogP contribution in [0.5, 0.6) is 0 Å². The third-order valence-electron chi connectivity index (χ3n) is 4.16. The van der Waals surface area contributed by atoms with E-state index in [1.807, 2.05) is 24.3 Å². The molecule has 134 valence electrons. The van der Waals surface area contributed by atoms with Gasteiger partial charge in [-0.15, -0.1) is 0 Å². The Labute approximate surface area is 169 Å². The van der Waals surface area contributed by atoms with Crippen LogP contribution < -0.4 is 4.90 Å². The standard InChI is InChI=1S/C24H21NO.Cr/c1-26-18-10-16-23-15-8-9-17-24(23)25(19-21-11-4-2-5-12-21)20-22-13-6-3-7-14-22;/h2-9,11-15,17H,19-20H2,1H3;. The molecule has 0 saturated carbocycles. The summed E-state index contributed by atoms with van der Waals surface area (Å²) in [5, 5.41) is 0. The molecule has 0 spiro atoms. The van der Waals surface area contributed by atoms with E-state index in [4.69, 9.17) is 4.74 Å². The van der Waals surface area contributed by atoms with E-state index < -0.39 is 0 Å². The minimum absolute atomic E-state index is 0.586. The number of ether oxygens (including phenoxy) is 1. The fourth-order valence-corrected chi connectivity index (χ4v) is 2.94. The van der Waals surface area contributed by atoms with Gasteiger partial charge in [0.15, 0.2) is 0 Å². The molecule has 3 aromatic carbocycles. The molecule has 0 fully saturated rings. The number of benzene rings is 3. The maximum atomic E-state index is 5.14. The van der Waals surface area contributed by atoms with Gasteiger partial charge in [-0.05, 0) is 0 Å². The number of para-hydroxylation sites is 1. The number of nitrogens with zero attached hydrogens (tertiary/aromatic N) is 1. The van der Waals surface area contributed by atoms with Gasteiger partial charge in [-0.2, -0.15) is 0 Å². The van der Waals surface area contributed by atoms with Gasteiger partial charge in [-0.25, -0.2) is 0 Å². The van der Waals surface area contributed by atoms with Crippen LogP contribution in [0.4, 0.5) is 5.69 Å². The summed E-state index contributed by atoms with van der Waals surface area (Å²) in [5.74, 6) is 6.26. The van der Waals surface area contributed by atoms with E-state index in [1.165, 1.54) is 11.1 Å². The second-order valence-electron chi connectivity index (χ2n) is 6.09. The zero-order valence-corrected chi connectivity index (χ0v) is 16.5. The fraction of sp³-hybridized carbons (Fsp3) is 0.125. The molecule has 0 aromatic heterocycles. The van der Waals surface area contributed by atoms with Gasteiger partial charge in [0.1, 0.15) is 0 Å². The van der Waals surface area contributed by atoms with Crippen molar-refractivity contribution >= 4 is 10.3 Å². The second-order valence-corrected chi connectivity index (χ2v) is 6.66. The molecule has 0 radical (unpaired) electrons. The van der Waals surface area contributed by atoms with Crippen LogP contribution in [0, 0.1) is 11.8 Å². The number of hydrogen-bond donors (Lipinski definition) is 0. The van der Waals surface area contributed by atoms with Crippen molar-refractivity contribution in [2.45, 2.75) is 13.1 Å². The summed E-state index contributed by atoms with van der Waals surface area (Å²) in [5.41, 5.74) is 4.63. The van der Waals surface area contributed by atoms with E-state index >= 15 is 0 Å². The van der Waals surface area contributed by atoms with Gasteiger partial charge >= 0.3 is 169 Å². The summed E-state index contributed by atoms with van der Waals surface area (Å²) in [6.45, 7) is 1.63. The Hall–Kier alpha value is -2.62. The Balaban J connectivity index is 1.97. The predicted molar refractivity (Wildman–Crippen MR) is 108 cm³/mol. The first-order valence-corrected chi connectivity index (χ1v) is 9.42. The maximum absolute atomic E-state index is 5.14. The number of anilines is 1. The van der Waals surface area contributed by atoms with Crippen LogP contribution in [0.25, 0.3) is 0 Å². The number of rotatable bonds is 6. The summed E-state index contributed by atoms with van der Waals surface area (Å²) in [4.78, 5) is 2.36. The third kappa shape index (κ3) is 5.68. The van der Waals surface area contributed by atoms with E-state index in [0.29, 0.717) is 4.57 Å². The van der Waals surface area contributed by atoms with E-state index in [9.17, 15) is 0 Å². The van der Waals surface area contributed by atoms with E-state index in [2.05, 4.69) is 93.3 Å². The normalized spacial score (nSPS) is 9.96. The van der Waals surface area contributed by atoms with Crippen molar-refractivity contribution in [3.8, 4) is 11.8 Å². The average molecular weight is 391 g/mol. The monoisotopic (exact) mass is 391 g/mol. The van der Waals surface area contributed by atoms with Gasteiger partial charge in [-0.3, -0.25) is 0 Å². The topological polar surface area (TPSA) is 12.5 Å². The van der Waals surface area contributed by atoms with Gasteiger partial charge in [0.05, 0.1) is 0 Å². The van der Waals surface area contributed by atoms with Crippen molar-refractivity contribution in [3.05, 3.63) is 102 Å². The summed E-state index contributed by atoms with van der Waals surface area (Å²) in [6, 6.07) is 29.3. The molecule has 27 heavy (non-hydrogen) atoms. The zero-order chi connectivity index (χ0) is 18.9. The van der Waals surface area contributed by atoms with Crippen molar-refractivity contribution in [2.24, 2.45) is 0 Å². The van der Waals surface area contributed by atoms with E-state index in [-0.39, 0.29) is 0 Å². The molecule has 0 atom stereocenters. The number of hydrogen-bond acceptors (Lipinski definition) is 2. The molecule has 0 aliphatic rings. The Bertz CT molecular complexity index is 901. The summed E-state index contributed by atoms with van der Waals surface area (Å²) < 4.78 is 5.72. The second kappa shape index (κ2) is 9.91. The van der Waals surface area contributed by atoms with Crippen molar-refractivity contribution in [1.82, 2.24) is 0 Å². The summed E-state index contributed by atoms with van der Waals surface area (Å²) >= 11 is 2.83. The summed E-state index contributed by atoms with van der Waals surface area (Å²) in [6.07, 6.45) is 0. The minimum atomic E-state index is 0.586. The molecule has 0 bridgehead atoms. The molecule has 3 rings (SSSR count). The summed E-state index contributed by atoms with van der Waals surface area (Å²) in [7, 11) is 1.61. The SMILES string of the molecule is CO[C](=[Cr])C#Cc1ccccc1N(Cc1ccccc1)Cc1ccccc1. The van der Waals surface area contributed by atoms with Gasteiger partial charge in [0.25, 0.3) is 0 Å². The fourth-order valence-electron chi connectivity index (χ4n) is 2.86. The molecule has 2 nitrogen and oxygen atoms in total. The zero-order valence-electron chi connectivity index (χ0n) is 15.3. The first-order chi connectivity index (χ1) is 13.3. The predicted octanol–water partition coefficient (Wildman–Crippen LogP) is 4.57. The van der Waals surface area contributed by atoms with Crippen molar-refractivity contribution in [3.63, 3.8) is 0 Å². The average Bonchev–Trinajstić information content (AvgIpc) is 2.73. The van der Waals surface area contributed by atoms with Crippen LogP contribution in [0.15, 0.2) is 84.9 Å². The van der Waals surface area contributed by atoms with Crippen molar-refractivity contribution in [2.75, 3.05) is 12.0 Å². The molecule has 3 aromatic rings. The molecule has 0 unspecified atom stereocenters. The van der Waals surface area contributed by atoms with Crippen LogP contribution in [0.2, 0.25) is 0 Å². The van der Waals surface area contributed by atoms with Crippen LogP contribution in [0.3, 0.4) is 0 Å². The first kappa shape index (κ1) is 19.2. The number of methoxy groups -OCH3 is 1.